The molecule has 2 amide bonds. The topological polar surface area (TPSA) is 94.9 Å². The highest BCUT2D eigenvalue weighted by Crippen LogP contribution is 2.28. The molecule has 12 heteroatoms. The molecule has 0 unspecified atom stereocenters. The summed E-state index contributed by atoms with van der Waals surface area (Å²) in [5, 5.41) is 6.92. The van der Waals surface area contributed by atoms with E-state index in [1.165, 1.54) is 41.1 Å². The fraction of sp³-hybridized carbons (Fsp3) is 0.296. The maximum Gasteiger partial charge on any atom is 0.522 e. The molecule has 9 nitrogen and oxygen atoms in total. The van der Waals surface area contributed by atoms with Gasteiger partial charge in [0, 0.05) is 17.8 Å². The number of terminal acetylenes is 1. The maximum absolute atomic E-state index is 13.3. The molecule has 1 aliphatic rings. The number of methoxy groups -OCH3 is 1. The molecule has 39 heavy (non-hydrogen) atoms. The van der Waals surface area contributed by atoms with Gasteiger partial charge < -0.3 is 19.7 Å². The van der Waals surface area contributed by atoms with Crippen molar-refractivity contribution in [2.45, 2.75) is 26.8 Å². The summed E-state index contributed by atoms with van der Waals surface area (Å²) in [5.74, 6) is 2.38. The van der Waals surface area contributed by atoms with Crippen molar-refractivity contribution >= 4 is 23.2 Å². The molecule has 206 valence electrons. The molecule has 0 aliphatic carbocycles. The SMILES string of the molecule is C#Cc1cc(C(=O)Nc2cnn3c2C(=O)N(c2ccc(OCCOC(F)(F)F)cc2)CC3)ccc1OC.CC. The molecule has 2 aromatic carbocycles. The van der Waals surface area contributed by atoms with Crippen molar-refractivity contribution in [3.05, 3.63) is 65.5 Å². The molecule has 0 spiro atoms. The van der Waals surface area contributed by atoms with Gasteiger partial charge in [-0.15, -0.1) is 19.6 Å². The van der Waals surface area contributed by atoms with Crippen LogP contribution in [0.15, 0.2) is 48.7 Å². The van der Waals surface area contributed by atoms with Crippen molar-refractivity contribution < 1.29 is 37.0 Å². The Labute approximate surface area is 223 Å². The lowest BCUT2D eigenvalue weighted by Crippen LogP contribution is -2.41. The standard InChI is InChI=1S/C25H21F3N4O5.C2H6/c1-3-16-14-17(4-9-21(16)35-2)23(33)30-20-15-29-32-11-10-31(24(34)22(20)32)18-5-7-19(8-6-18)36-12-13-37-25(26,27)28;1-2/h1,4-9,14-15H,10-13H2,2H3,(H,30,33);1-2H3. The Morgan fingerprint density at radius 3 is 2.49 bits per heavy atom. The third kappa shape index (κ3) is 7.08. The van der Waals surface area contributed by atoms with Crippen molar-refractivity contribution in [2.24, 2.45) is 0 Å². The molecular weight excluding hydrogens is 517 g/mol. The Morgan fingerprint density at radius 2 is 1.85 bits per heavy atom. The average Bonchev–Trinajstić information content (AvgIpc) is 3.35. The van der Waals surface area contributed by atoms with Gasteiger partial charge in [-0.25, -0.2) is 0 Å². The lowest BCUT2D eigenvalue weighted by atomic mass is 10.1. The van der Waals surface area contributed by atoms with Gasteiger partial charge in [-0.05, 0) is 42.5 Å². The number of fused-ring (bicyclic) bond motifs is 1. The Hall–Kier alpha value is -4.50. The normalized spacial score (nSPS) is 12.5. The lowest BCUT2D eigenvalue weighted by molar-refractivity contribution is -0.325. The van der Waals surface area contributed by atoms with Crippen molar-refractivity contribution in [2.75, 3.05) is 37.1 Å². The number of amides is 2. The number of carbonyl (C=O) groups excluding carboxylic acids is 2. The number of halogens is 3. The van der Waals surface area contributed by atoms with Crippen LogP contribution in [0.3, 0.4) is 0 Å². The summed E-state index contributed by atoms with van der Waals surface area (Å²) in [7, 11) is 1.47. The zero-order valence-electron chi connectivity index (χ0n) is 21.5. The number of ether oxygens (including phenoxy) is 3. The van der Waals surface area contributed by atoms with Crippen LogP contribution in [-0.4, -0.2) is 54.8 Å². The average molecular weight is 545 g/mol. The van der Waals surface area contributed by atoms with Crippen LogP contribution in [0, 0.1) is 12.3 Å². The number of carbonyl (C=O) groups is 2. The van der Waals surface area contributed by atoms with E-state index < -0.39 is 18.9 Å². The number of anilines is 2. The second-order valence-corrected chi connectivity index (χ2v) is 7.74. The molecule has 0 saturated heterocycles. The van der Waals surface area contributed by atoms with Crippen LogP contribution in [-0.2, 0) is 11.3 Å². The number of aromatic nitrogens is 2. The second-order valence-electron chi connectivity index (χ2n) is 7.74. The Balaban J connectivity index is 0.00000205. The lowest BCUT2D eigenvalue weighted by Gasteiger charge is -2.28. The van der Waals surface area contributed by atoms with Gasteiger partial charge in [0.25, 0.3) is 11.8 Å². The summed E-state index contributed by atoms with van der Waals surface area (Å²) in [5.41, 5.74) is 1.68. The summed E-state index contributed by atoms with van der Waals surface area (Å²) in [4.78, 5) is 27.7. The molecular formula is C27H27F3N4O5. The quantitative estimate of drug-likeness (QED) is 0.326. The smallest absolute Gasteiger partial charge is 0.495 e. The first-order valence-electron chi connectivity index (χ1n) is 12.0. The van der Waals surface area contributed by atoms with E-state index in [1.807, 2.05) is 13.8 Å². The first-order chi connectivity index (χ1) is 18.7. The zero-order valence-corrected chi connectivity index (χ0v) is 21.5. The largest absolute Gasteiger partial charge is 0.522 e. The van der Waals surface area contributed by atoms with Gasteiger partial charge in [-0.1, -0.05) is 19.8 Å². The van der Waals surface area contributed by atoms with E-state index in [0.29, 0.717) is 35.8 Å². The van der Waals surface area contributed by atoms with Gasteiger partial charge >= 0.3 is 6.36 Å². The summed E-state index contributed by atoms with van der Waals surface area (Å²) in [6.45, 7) is 3.77. The predicted octanol–water partition coefficient (Wildman–Crippen LogP) is 4.73. The van der Waals surface area contributed by atoms with E-state index in [4.69, 9.17) is 15.9 Å². The number of alkyl halides is 3. The number of hydrogen-bond acceptors (Lipinski definition) is 6. The number of rotatable bonds is 8. The Kier molecular flexibility index (Phi) is 9.57. The van der Waals surface area contributed by atoms with E-state index in [2.05, 4.69) is 21.1 Å². The van der Waals surface area contributed by atoms with Crippen LogP contribution < -0.4 is 19.7 Å². The van der Waals surface area contributed by atoms with E-state index in [0.717, 1.165) is 0 Å². The third-order valence-electron chi connectivity index (χ3n) is 5.45. The molecule has 0 saturated carbocycles. The molecule has 1 aliphatic heterocycles. The maximum atomic E-state index is 13.3. The van der Waals surface area contributed by atoms with Gasteiger partial charge in [0.2, 0.25) is 0 Å². The monoisotopic (exact) mass is 544 g/mol. The van der Waals surface area contributed by atoms with Crippen LogP contribution in [0.5, 0.6) is 11.5 Å². The Bertz CT molecular complexity index is 1350. The number of hydrogen-bond donors (Lipinski definition) is 1. The van der Waals surface area contributed by atoms with Crippen molar-refractivity contribution in [3.63, 3.8) is 0 Å². The first-order valence-corrected chi connectivity index (χ1v) is 12.0. The minimum atomic E-state index is -4.72. The van der Waals surface area contributed by atoms with Gasteiger partial charge in [0.1, 0.15) is 23.8 Å². The highest BCUT2D eigenvalue weighted by Gasteiger charge is 2.31. The molecule has 0 radical (unpaired) electrons. The van der Waals surface area contributed by atoms with E-state index in [-0.39, 0.29) is 29.5 Å². The van der Waals surface area contributed by atoms with Gasteiger partial charge in [0.15, 0.2) is 0 Å². The fourth-order valence-corrected chi connectivity index (χ4v) is 3.74. The summed E-state index contributed by atoms with van der Waals surface area (Å²) >= 11 is 0. The van der Waals surface area contributed by atoms with Crippen molar-refractivity contribution in [1.29, 1.82) is 0 Å². The van der Waals surface area contributed by atoms with Crippen molar-refractivity contribution in [3.8, 4) is 23.8 Å². The number of nitrogens with one attached hydrogen (secondary N) is 1. The van der Waals surface area contributed by atoms with E-state index in [9.17, 15) is 22.8 Å². The Morgan fingerprint density at radius 1 is 1.13 bits per heavy atom. The molecule has 0 fully saturated rings. The number of benzene rings is 2. The first kappa shape index (κ1) is 29.1. The number of nitrogens with zero attached hydrogens (tertiary/aromatic N) is 3. The summed E-state index contributed by atoms with van der Waals surface area (Å²) in [6, 6.07) is 11.0. The van der Waals surface area contributed by atoms with Crippen LogP contribution in [0.25, 0.3) is 0 Å². The third-order valence-corrected chi connectivity index (χ3v) is 5.45. The van der Waals surface area contributed by atoms with Crippen molar-refractivity contribution in [1.82, 2.24) is 9.78 Å². The summed E-state index contributed by atoms with van der Waals surface area (Å²) < 4.78 is 51.7. The van der Waals surface area contributed by atoms with E-state index >= 15 is 0 Å². The minimum absolute atomic E-state index is 0.204. The van der Waals surface area contributed by atoms with Crippen LogP contribution >= 0.6 is 0 Å². The molecule has 1 N–H and O–H groups in total. The predicted molar refractivity (Wildman–Crippen MR) is 138 cm³/mol. The molecule has 0 atom stereocenters. The van der Waals surface area contributed by atoms with Gasteiger partial charge in [-0.3, -0.25) is 19.0 Å². The molecule has 0 bridgehead atoms. The molecule has 3 aromatic rings. The van der Waals surface area contributed by atoms with Crippen LogP contribution in [0.1, 0.15) is 40.3 Å². The molecule has 1 aromatic heterocycles. The highest BCUT2D eigenvalue weighted by molar-refractivity contribution is 6.13. The zero-order chi connectivity index (χ0) is 28.6. The second kappa shape index (κ2) is 12.8. The minimum Gasteiger partial charge on any atom is -0.495 e. The van der Waals surface area contributed by atoms with E-state index in [1.54, 1.807) is 24.3 Å². The summed E-state index contributed by atoms with van der Waals surface area (Å²) in [6.07, 6.45) is 2.17. The van der Waals surface area contributed by atoms with Crippen LogP contribution in [0.2, 0.25) is 0 Å². The molecule has 4 rings (SSSR count). The molecule has 2 heterocycles. The highest BCUT2D eigenvalue weighted by atomic mass is 19.4. The van der Waals surface area contributed by atoms with Crippen LogP contribution in [0.4, 0.5) is 24.5 Å². The fourth-order valence-electron chi connectivity index (χ4n) is 3.74. The van der Waals surface area contributed by atoms with Gasteiger partial charge in [-0.2, -0.15) is 5.10 Å². The van der Waals surface area contributed by atoms with Gasteiger partial charge in [0.05, 0.1) is 37.7 Å².